The zero-order valence-corrected chi connectivity index (χ0v) is 14.0. The molecule has 0 bridgehead atoms. The lowest BCUT2D eigenvalue weighted by molar-refractivity contribution is -0.138. The largest absolute Gasteiger partial charge is 0.396 e. The molecule has 2 saturated heterocycles. The maximum absolute atomic E-state index is 12.7. The fourth-order valence-electron chi connectivity index (χ4n) is 3.80. The highest BCUT2D eigenvalue weighted by Gasteiger charge is 2.37. The number of nitrogens with zero attached hydrogens (tertiary/aromatic N) is 2. The summed E-state index contributed by atoms with van der Waals surface area (Å²) in [6.07, 6.45) is 3.93. The predicted octanol–water partition coefficient (Wildman–Crippen LogP) is 1.98. The van der Waals surface area contributed by atoms with Crippen LogP contribution in [0.5, 0.6) is 0 Å². The number of carbonyl (C=O) groups excluding carboxylic acids is 1. The van der Waals surface area contributed by atoms with E-state index < -0.39 is 0 Å². The molecule has 1 amide bonds. The summed E-state index contributed by atoms with van der Waals surface area (Å²) in [4.78, 5) is 17.1. The molecule has 122 valence electrons. The van der Waals surface area contributed by atoms with Gasteiger partial charge >= 0.3 is 0 Å². The molecule has 0 saturated carbocycles. The number of hydrogen-bond acceptors (Lipinski definition) is 3. The van der Waals surface area contributed by atoms with Crippen LogP contribution in [-0.2, 0) is 4.79 Å². The summed E-state index contributed by atoms with van der Waals surface area (Å²) in [6, 6.07) is 0. The van der Waals surface area contributed by atoms with Crippen molar-refractivity contribution in [3.05, 3.63) is 0 Å². The van der Waals surface area contributed by atoms with E-state index in [4.69, 9.17) is 0 Å². The van der Waals surface area contributed by atoms with Gasteiger partial charge in [0.25, 0.3) is 0 Å². The highest BCUT2D eigenvalue weighted by molar-refractivity contribution is 5.79. The molecule has 4 nitrogen and oxygen atoms in total. The van der Waals surface area contributed by atoms with E-state index >= 15 is 0 Å². The molecule has 0 spiro atoms. The molecule has 2 heterocycles. The Balaban J connectivity index is 1.83. The van der Waals surface area contributed by atoms with Crippen LogP contribution in [0.25, 0.3) is 0 Å². The summed E-state index contributed by atoms with van der Waals surface area (Å²) in [7, 11) is 0. The average molecular weight is 296 g/mol. The topological polar surface area (TPSA) is 43.8 Å². The van der Waals surface area contributed by atoms with Gasteiger partial charge in [-0.3, -0.25) is 4.79 Å². The third-order valence-corrected chi connectivity index (χ3v) is 5.47. The van der Waals surface area contributed by atoms with Crippen LogP contribution < -0.4 is 0 Å². The van der Waals surface area contributed by atoms with Crippen LogP contribution in [0, 0.1) is 17.3 Å². The first-order valence-electron chi connectivity index (χ1n) is 8.61. The highest BCUT2D eigenvalue weighted by atomic mass is 16.3. The maximum atomic E-state index is 12.7. The van der Waals surface area contributed by atoms with E-state index in [9.17, 15) is 9.90 Å². The van der Waals surface area contributed by atoms with Crippen molar-refractivity contribution in [3.63, 3.8) is 0 Å². The van der Waals surface area contributed by atoms with Gasteiger partial charge < -0.3 is 14.9 Å². The second-order valence-electron chi connectivity index (χ2n) is 7.48. The Kier molecular flexibility index (Phi) is 5.67. The minimum absolute atomic E-state index is 0.0656. The molecule has 1 N–H and O–H groups in total. The lowest BCUT2D eigenvalue weighted by atomic mass is 9.77. The van der Waals surface area contributed by atoms with Gasteiger partial charge in [-0.15, -0.1) is 0 Å². The Labute approximate surface area is 129 Å². The van der Waals surface area contributed by atoms with Crippen LogP contribution in [-0.4, -0.2) is 60.1 Å². The number of aliphatic hydroxyl groups excluding tert-OH is 1. The Bertz CT molecular complexity index is 343. The van der Waals surface area contributed by atoms with Crippen LogP contribution in [0.15, 0.2) is 0 Å². The SMILES string of the molecule is CCC1(CO)CCN(C(=O)C2CCN(CC(C)C)C2)CC1. The van der Waals surface area contributed by atoms with Gasteiger partial charge in [-0.2, -0.15) is 0 Å². The summed E-state index contributed by atoms with van der Waals surface area (Å²) in [5.74, 6) is 1.22. The Morgan fingerprint density at radius 3 is 2.48 bits per heavy atom. The van der Waals surface area contributed by atoms with Gasteiger partial charge in [0, 0.05) is 32.8 Å². The van der Waals surface area contributed by atoms with Crippen LogP contribution in [0.1, 0.15) is 46.5 Å². The maximum Gasteiger partial charge on any atom is 0.227 e. The van der Waals surface area contributed by atoms with Crippen molar-refractivity contribution in [1.82, 2.24) is 9.80 Å². The molecule has 21 heavy (non-hydrogen) atoms. The third kappa shape index (κ3) is 3.98. The van der Waals surface area contributed by atoms with Crippen LogP contribution in [0.4, 0.5) is 0 Å². The molecule has 4 heteroatoms. The molecule has 1 unspecified atom stereocenters. The molecule has 0 aromatic rings. The second kappa shape index (κ2) is 7.10. The van der Waals surface area contributed by atoms with Crippen molar-refractivity contribution in [1.29, 1.82) is 0 Å². The first kappa shape index (κ1) is 16.8. The minimum Gasteiger partial charge on any atom is -0.396 e. The molecule has 0 aliphatic carbocycles. The van der Waals surface area contributed by atoms with E-state index in [1.54, 1.807) is 0 Å². The van der Waals surface area contributed by atoms with Crippen molar-refractivity contribution < 1.29 is 9.90 Å². The van der Waals surface area contributed by atoms with E-state index in [-0.39, 0.29) is 17.9 Å². The summed E-state index contributed by atoms with van der Waals surface area (Å²) >= 11 is 0. The van der Waals surface area contributed by atoms with Gasteiger partial charge in [0.15, 0.2) is 0 Å². The van der Waals surface area contributed by atoms with Gasteiger partial charge in [0.2, 0.25) is 5.91 Å². The summed E-state index contributed by atoms with van der Waals surface area (Å²) in [5.41, 5.74) is 0.0656. The molecule has 2 fully saturated rings. The lowest BCUT2D eigenvalue weighted by Gasteiger charge is -2.41. The van der Waals surface area contributed by atoms with Crippen molar-refractivity contribution >= 4 is 5.91 Å². The number of hydrogen-bond donors (Lipinski definition) is 1. The zero-order valence-electron chi connectivity index (χ0n) is 14.0. The first-order chi connectivity index (χ1) is 9.99. The molecular weight excluding hydrogens is 264 g/mol. The summed E-state index contributed by atoms with van der Waals surface area (Å²) in [5, 5.41) is 9.59. The van der Waals surface area contributed by atoms with Crippen molar-refractivity contribution in [2.45, 2.75) is 46.5 Å². The predicted molar refractivity (Wildman–Crippen MR) is 85.0 cm³/mol. The summed E-state index contributed by atoms with van der Waals surface area (Å²) in [6.45, 7) is 11.6. The normalized spacial score (nSPS) is 26.5. The van der Waals surface area contributed by atoms with Crippen molar-refractivity contribution in [2.75, 3.05) is 39.3 Å². The van der Waals surface area contributed by atoms with E-state index in [1.165, 1.54) is 0 Å². The Morgan fingerprint density at radius 2 is 1.95 bits per heavy atom. The molecule has 0 radical (unpaired) electrons. The monoisotopic (exact) mass is 296 g/mol. The molecule has 1 atom stereocenters. The van der Waals surface area contributed by atoms with Crippen molar-refractivity contribution in [2.24, 2.45) is 17.3 Å². The fraction of sp³-hybridized carbons (Fsp3) is 0.941. The number of rotatable bonds is 5. The van der Waals surface area contributed by atoms with Gasteiger partial charge in [-0.25, -0.2) is 0 Å². The second-order valence-corrected chi connectivity index (χ2v) is 7.48. The van der Waals surface area contributed by atoms with Crippen LogP contribution >= 0.6 is 0 Å². The molecule has 2 aliphatic heterocycles. The Morgan fingerprint density at radius 1 is 1.29 bits per heavy atom. The first-order valence-corrected chi connectivity index (χ1v) is 8.61. The van der Waals surface area contributed by atoms with E-state index in [0.717, 1.165) is 58.4 Å². The van der Waals surface area contributed by atoms with Crippen LogP contribution in [0.3, 0.4) is 0 Å². The molecule has 2 rings (SSSR count). The van der Waals surface area contributed by atoms with E-state index in [0.29, 0.717) is 11.8 Å². The molecule has 0 aromatic heterocycles. The van der Waals surface area contributed by atoms with Gasteiger partial charge in [-0.1, -0.05) is 20.8 Å². The molecule has 2 aliphatic rings. The number of carbonyl (C=O) groups is 1. The zero-order chi connectivity index (χ0) is 15.5. The summed E-state index contributed by atoms with van der Waals surface area (Å²) < 4.78 is 0. The van der Waals surface area contributed by atoms with Crippen molar-refractivity contribution in [3.8, 4) is 0 Å². The smallest absolute Gasteiger partial charge is 0.227 e. The lowest BCUT2D eigenvalue weighted by Crippen LogP contribution is -2.46. The minimum atomic E-state index is 0.0656. The number of amides is 1. The van der Waals surface area contributed by atoms with E-state index in [1.807, 2.05) is 4.90 Å². The van der Waals surface area contributed by atoms with Gasteiger partial charge in [0.05, 0.1) is 5.92 Å². The fourth-order valence-corrected chi connectivity index (χ4v) is 3.80. The Hall–Kier alpha value is -0.610. The standard InChI is InChI=1S/C17H32N2O2/c1-4-17(13-20)6-9-19(10-7-17)16(21)15-5-8-18(12-15)11-14(2)3/h14-15,20H,4-13H2,1-3H3. The van der Waals surface area contributed by atoms with Gasteiger partial charge in [-0.05, 0) is 43.6 Å². The van der Waals surface area contributed by atoms with Gasteiger partial charge in [0.1, 0.15) is 0 Å². The highest BCUT2D eigenvalue weighted by Crippen LogP contribution is 2.35. The van der Waals surface area contributed by atoms with E-state index in [2.05, 4.69) is 25.7 Å². The number of likely N-dealkylation sites (tertiary alicyclic amines) is 2. The average Bonchev–Trinajstić information content (AvgIpc) is 2.94. The number of aliphatic hydroxyl groups is 1. The molecular formula is C17H32N2O2. The molecule has 0 aromatic carbocycles. The van der Waals surface area contributed by atoms with Crippen LogP contribution in [0.2, 0.25) is 0 Å². The number of piperidine rings is 1. The quantitative estimate of drug-likeness (QED) is 0.843. The third-order valence-electron chi connectivity index (χ3n) is 5.47.